The van der Waals surface area contributed by atoms with Crippen LogP contribution in [0.2, 0.25) is 0 Å². The highest BCUT2D eigenvalue weighted by Crippen LogP contribution is 2.14. The van der Waals surface area contributed by atoms with Gasteiger partial charge in [0.2, 0.25) is 10.0 Å². The number of rotatable bonds is 5. The third kappa shape index (κ3) is 4.76. The van der Waals surface area contributed by atoms with Crippen molar-refractivity contribution in [2.24, 2.45) is 0 Å². The van der Waals surface area contributed by atoms with Crippen molar-refractivity contribution in [1.82, 2.24) is 10.0 Å². The van der Waals surface area contributed by atoms with E-state index in [9.17, 15) is 8.42 Å². The Balaban J connectivity index is 2.95. The molecule has 0 unspecified atom stereocenters. The van der Waals surface area contributed by atoms with Gasteiger partial charge in [0.05, 0.1) is 4.90 Å². The smallest absolute Gasteiger partial charge is 0.241 e. The van der Waals surface area contributed by atoms with E-state index in [4.69, 9.17) is 0 Å². The average Bonchev–Trinajstić information content (AvgIpc) is 2.23. The lowest BCUT2D eigenvalue weighted by atomic mass is 10.1. The van der Waals surface area contributed by atoms with Crippen molar-refractivity contribution in [2.75, 3.05) is 6.54 Å². The third-order valence-electron chi connectivity index (χ3n) is 2.23. The lowest BCUT2D eigenvalue weighted by Crippen LogP contribution is -2.40. The first kappa shape index (κ1) is 15.1. The van der Waals surface area contributed by atoms with Crippen molar-refractivity contribution in [3.8, 4) is 0 Å². The Morgan fingerprint density at radius 3 is 2.44 bits per heavy atom. The van der Waals surface area contributed by atoms with Gasteiger partial charge in [-0.15, -0.1) is 0 Å². The van der Waals surface area contributed by atoms with Crippen LogP contribution in [0.4, 0.5) is 0 Å². The molecule has 0 spiro atoms. The van der Waals surface area contributed by atoms with Gasteiger partial charge in [-0.05, 0) is 45.0 Å². The van der Waals surface area contributed by atoms with E-state index < -0.39 is 15.6 Å². The summed E-state index contributed by atoms with van der Waals surface area (Å²) in [4.78, 5) is 0.313. The van der Waals surface area contributed by atoms with E-state index in [1.165, 1.54) is 0 Å². The summed E-state index contributed by atoms with van der Waals surface area (Å²) in [6.45, 7) is 9.03. The molecule has 102 valence electrons. The van der Waals surface area contributed by atoms with Gasteiger partial charge in [0.25, 0.3) is 0 Å². The molecule has 0 fully saturated rings. The second-order valence-corrected chi connectivity index (χ2v) is 6.97. The molecule has 0 saturated heterocycles. The van der Waals surface area contributed by atoms with Crippen LogP contribution >= 0.6 is 0 Å². The highest BCUT2D eigenvalue weighted by molar-refractivity contribution is 7.89. The van der Waals surface area contributed by atoms with Crippen molar-refractivity contribution in [1.29, 1.82) is 0 Å². The molecular weight excluding hydrogens is 248 g/mol. The van der Waals surface area contributed by atoms with Gasteiger partial charge in [0.1, 0.15) is 0 Å². The molecule has 18 heavy (non-hydrogen) atoms. The molecule has 1 aromatic rings. The van der Waals surface area contributed by atoms with E-state index in [0.29, 0.717) is 11.4 Å². The van der Waals surface area contributed by atoms with Gasteiger partial charge in [-0.2, -0.15) is 0 Å². The first-order valence-corrected chi connectivity index (χ1v) is 7.56. The zero-order valence-corrected chi connectivity index (χ0v) is 12.3. The highest BCUT2D eigenvalue weighted by Gasteiger charge is 2.21. The summed E-state index contributed by atoms with van der Waals surface area (Å²) in [5.41, 5.74) is 0.491. The van der Waals surface area contributed by atoms with E-state index in [1.54, 1.807) is 18.2 Å². The summed E-state index contributed by atoms with van der Waals surface area (Å²) >= 11 is 0. The van der Waals surface area contributed by atoms with E-state index in [-0.39, 0.29) is 0 Å². The normalized spacial score (nSPS) is 12.7. The molecule has 0 atom stereocenters. The second-order valence-electron chi connectivity index (χ2n) is 5.28. The van der Waals surface area contributed by atoms with E-state index >= 15 is 0 Å². The van der Waals surface area contributed by atoms with Crippen molar-refractivity contribution >= 4 is 10.0 Å². The highest BCUT2D eigenvalue weighted by atomic mass is 32.2. The lowest BCUT2D eigenvalue weighted by Gasteiger charge is -2.20. The average molecular weight is 270 g/mol. The number of sulfonamides is 1. The molecule has 4 nitrogen and oxygen atoms in total. The minimum atomic E-state index is -3.44. The zero-order chi connectivity index (χ0) is 13.8. The third-order valence-corrected chi connectivity index (χ3v) is 3.98. The number of hydrogen-bond donors (Lipinski definition) is 2. The molecular formula is C13H22N2O2S. The summed E-state index contributed by atoms with van der Waals surface area (Å²) in [5.74, 6) is 0. The van der Waals surface area contributed by atoms with Gasteiger partial charge in [0, 0.05) is 12.1 Å². The summed E-state index contributed by atoms with van der Waals surface area (Å²) < 4.78 is 26.9. The van der Waals surface area contributed by atoms with Gasteiger partial charge >= 0.3 is 0 Å². The van der Waals surface area contributed by atoms with Gasteiger partial charge in [0.15, 0.2) is 0 Å². The standard InChI is InChI=1S/C13H22N2O2S/c1-5-14-10-11-7-6-8-12(9-11)18(16,17)15-13(2,3)4/h6-9,14-15H,5,10H2,1-4H3. The minimum absolute atomic E-state index is 0.313. The van der Waals surface area contributed by atoms with Crippen molar-refractivity contribution in [3.63, 3.8) is 0 Å². The Hall–Kier alpha value is -0.910. The second kappa shape index (κ2) is 5.82. The summed E-state index contributed by atoms with van der Waals surface area (Å²) in [6.07, 6.45) is 0. The minimum Gasteiger partial charge on any atom is -0.313 e. The van der Waals surface area contributed by atoms with Crippen LogP contribution in [0.15, 0.2) is 29.2 Å². The van der Waals surface area contributed by atoms with Gasteiger partial charge in [-0.1, -0.05) is 19.1 Å². The van der Waals surface area contributed by atoms with E-state index in [1.807, 2.05) is 33.8 Å². The summed E-state index contributed by atoms with van der Waals surface area (Å²) in [5, 5.41) is 3.18. The fourth-order valence-electron chi connectivity index (χ4n) is 1.55. The number of nitrogens with one attached hydrogen (secondary N) is 2. The topological polar surface area (TPSA) is 58.2 Å². The van der Waals surface area contributed by atoms with Crippen molar-refractivity contribution in [2.45, 2.75) is 44.7 Å². The summed E-state index contributed by atoms with van der Waals surface area (Å²) in [7, 11) is -3.44. The lowest BCUT2D eigenvalue weighted by molar-refractivity contribution is 0.491. The maximum atomic E-state index is 12.1. The van der Waals surface area contributed by atoms with Crippen LogP contribution in [0.1, 0.15) is 33.3 Å². The van der Waals surface area contributed by atoms with Crippen LogP contribution in [0.25, 0.3) is 0 Å². The Kier molecular flexibility index (Phi) is 4.90. The molecule has 0 saturated carbocycles. The Labute approximate surface area is 110 Å². The predicted octanol–water partition coefficient (Wildman–Crippen LogP) is 1.87. The van der Waals surface area contributed by atoms with Crippen LogP contribution in [0, 0.1) is 0 Å². The largest absolute Gasteiger partial charge is 0.313 e. The van der Waals surface area contributed by atoms with Crippen LogP contribution in [-0.4, -0.2) is 20.5 Å². The number of hydrogen-bond acceptors (Lipinski definition) is 3. The quantitative estimate of drug-likeness (QED) is 0.859. The molecule has 0 aromatic heterocycles. The zero-order valence-electron chi connectivity index (χ0n) is 11.4. The molecule has 0 heterocycles. The maximum absolute atomic E-state index is 12.1. The van der Waals surface area contributed by atoms with Gasteiger partial charge < -0.3 is 5.32 Å². The molecule has 5 heteroatoms. The molecule has 1 rings (SSSR count). The van der Waals surface area contributed by atoms with Crippen molar-refractivity contribution < 1.29 is 8.42 Å². The van der Waals surface area contributed by atoms with Crippen molar-refractivity contribution in [3.05, 3.63) is 29.8 Å². The Morgan fingerprint density at radius 2 is 1.89 bits per heavy atom. The maximum Gasteiger partial charge on any atom is 0.241 e. The van der Waals surface area contributed by atoms with Crippen LogP contribution in [0.3, 0.4) is 0 Å². The van der Waals surface area contributed by atoms with Crippen LogP contribution < -0.4 is 10.0 Å². The molecule has 0 radical (unpaired) electrons. The van der Waals surface area contributed by atoms with E-state index in [0.717, 1.165) is 12.1 Å². The molecule has 1 aromatic carbocycles. The fraction of sp³-hybridized carbons (Fsp3) is 0.538. The molecule has 0 bridgehead atoms. The van der Waals surface area contributed by atoms with Gasteiger partial charge in [-0.3, -0.25) is 0 Å². The molecule has 0 aliphatic heterocycles. The first-order chi connectivity index (χ1) is 8.24. The Morgan fingerprint density at radius 1 is 1.22 bits per heavy atom. The van der Waals surface area contributed by atoms with Crippen LogP contribution in [0.5, 0.6) is 0 Å². The number of benzene rings is 1. The molecule has 0 aliphatic carbocycles. The van der Waals surface area contributed by atoms with E-state index in [2.05, 4.69) is 10.0 Å². The molecule has 2 N–H and O–H groups in total. The predicted molar refractivity (Wildman–Crippen MR) is 73.9 cm³/mol. The molecule has 0 aliphatic rings. The SMILES string of the molecule is CCNCc1cccc(S(=O)(=O)NC(C)(C)C)c1. The van der Waals surface area contributed by atoms with Gasteiger partial charge in [-0.25, -0.2) is 13.1 Å². The first-order valence-electron chi connectivity index (χ1n) is 6.08. The molecule has 0 amide bonds. The Bertz CT molecular complexity index is 490. The van der Waals surface area contributed by atoms with Crippen LogP contribution in [-0.2, 0) is 16.6 Å². The summed E-state index contributed by atoms with van der Waals surface area (Å²) in [6, 6.07) is 7.00. The monoisotopic (exact) mass is 270 g/mol. The fourth-order valence-corrected chi connectivity index (χ4v) is 3.04.